The second-order valence-electron chi connectivity index (χ2n) is 6.88. The average molecular weight is 359 g/mol. The maximum absolute atomic E-state index is 13.2. The van der Waals surface area contributed by atoms with Crippen molar-refractivity contribution in [2.75, 3.05) is 13.7 Å². The van der Waals surface area contributed by atoms with Gasteiger partial charge >= 0.3 is 5.97 Å². The van der Waals surface area contributed by atoms with E-state index in [0.29, 0.717) is 30.1 Å². The number of amides is 1. The molecule has 2 fully saturated rings. The Kier molecular flexibility index (Phi) is 5.49. The molecule has 0 bridgehead atoms. The predicted octanol–water partition coefficient (Wildman–Crippen LogP) is 3.12. The highest BCUT2D eigenvalue weighted by Crippen LogP contribution is 2.41. The van der Waals surface area contributed by atoms with E-state index in [1.54, 1.807) is 29.2 Å². The van der Waals surface area contributed by atoms with Gasteiger partial charge < -0.3 is 19.5 Å². The van der Waals surface area contributed by atoms with Crippen molar-refractivity contribution in [2.45, 2.75) is 44.2 Å². The molecule has 0 aromatic heterocycles. The maximum Gasteiger partial charge on any atom is 0.326 e. The molecule has 2 aliphatic rings. The summed E-state index contributed by atoms with van der Waals surface area (Å²) < 4.78 is 10.9. The van der Waals surface area contributed by atoms with Gasteiger partial charge in [-0.3, -0.25) is 4.79 Å². The Labute approximate surface area is 153 Å². The van der Waals surface area contributed by atoms with Gasteiger partial charge in [0.2, 0.25) is 0 Å². The van der Waals surface area contributed by atoms with E-state index in [0.717, 1.165) is 25.7 Å². The van der Waals surface area contributed by atoms with Crippen LogP contribution in [-0.4, -0.2) is 47.7 Å². The summed E-state index contributed by atoms with van der Waals surface area (Å²) in [4.78, 5) is 26.5. The van der Waals surface area contributed by atoms with E-state index >= 15 is 0 Å². The number of rotatable bonds is 6. The van der Waals surface area contributed by atoms with E-state index in [-0.39, 0.29) is 17.9 Å². The minimum atomic E-state index is -0.925. The van der Waals surface area contributed by atoms with Crippen molar-refractivity contribution in [1.29, 1.82) is 0 Å². The Hall–Kier alpha value is -2.50. The fourth-order valence-corrected chi connectivity index (χ4v) is 4.19. The predicted molar refractivity (Wildman–Crippen MR) is 96.6 cm³/mol. The number of hydrogen-bond donors (Lipinski definition) is 1. The van der Waals surface area contributed by atoms with Crippen molar-refractivity contribution in [2.24, 2.45) is 5.92 Å². The Morgan fingerprint density at radius 3 is 2.77 bits per heavy atom. The minimum Gasteiger partial charge on any atom is -0.493 e. The van der Waals surface area contributed by atoms with Gasteiger partial charge in [-0.1, -0.05) is 25.5 Å². The molecule has 0 radical (unpaired) electrons. The minimum absolute atomic E-state index is 0.0139. The van der Waals surface area contributed by atoms with Crippen LogP contribution < -0.4 is 9.47 Å². The van der Waals surface area contributed by atoms with Crippen molar-refractivity contribution >= 4 is 11.9 Å². The number of benzene rings is 1. The number of fused-ring (bicyclic) bond motifs is 1. The van der Waals surface area contributed by atoms with Gasteiger partial charge in [0.1, 0.15) is 12.6 Å². The highest BCUT2D eigenvalue weighted by atomic mass is 16.5. The Bertz CT molecular complexity index is 701. The third kappa shape index (κ3) is 3.41. The summed E-state index contributed by atoms with van der Waals surface area (Å²) in [5.41, 5.74) is 0.422. The molecular weight excluding hydrogens is 334 g/mol. The zero-order valence-electron chi connectivity index (χ0n) is 15.0. The van der Waals surface area contributed by atoms with Gasteiger partial charge in [0.05, 0.1) is 7.11 Å². The number of aliphatic carboxylic acids is 1. The largest absolute Gasteiger partial charge is 0.493 e. The molecule has 26 heavy (non-hydrogen) atoms. The highest BCUT2D eigenvalue weighted by Gasteiger charge is 2.47. The van der Waals surface area contributed by atoms with Gasteiger partial charge in [-0.05, 0) is 43.4 Å². The SMILES string of the molecule is C=CCOc1ccc(C(=O)N2C(C(=O)O)CC3CCCCC32)cc1OC. The molecule has 1 saturated heterocycles. The van der Waals surface area contributed by atoms with Gasteiger partial charge in [0, 0.05) is 11.6 Å². The van der Waals surface area contributed by atoms with Crippen LogP contribution in [0.4, 0.5) is 0 Å². The van der Waals surface area contributed by atoms with E-state index in [9.17, 15) is 14.7 Å². The number of methoxy groups -OCH3 is 1. The number of ether oxygens (including phenoxy) is 2. The van der Waals surface area contributed by atoms with Crippen LogP contribution in [0, 0.1) is 5.92 Å². The molecule has 3 atom stereocenters. The molecule has 6 nitrogen and oxygen atoms in total. The van der Waals surface area contributed by atoms with E-state index in [1.165, 1.54) is 7.11 Å². The van der Waals surface area contributed by atoms with Crippen LogP contribution in [0.3, 0.4) is 0 Å². The molecule has 1 aliphatic heterocycles. The summed E-state index contributed by atoms with van der Waals surface area (Å²) >= 11 is 0. The Morgan fingerprint density at radius 2 is 2.08 bits per heavy atom. The molecule has 1 N–H and O–H groups in total. The van der Waals surface area contributed by atoms with Gasteiger partial charge in [-0.2, -0.15) is 0 Å². The summed E-state index contributed by atoms with van der Waals surface area (Å²) in [6.45, 7) is 3.94. The lowest BCUT2D eigenvalue weighted by molar-refractivity contribution is -0.141. The summed E-state index contributed by atoms with van der Waals surface area (Å²) in [5.74, 6) is 0.0802. The van der Waals surface area contributed by atoms with Crippen LogP contribution in [0.2, 0.25) is 0 Å². The lowest BCUT2D eigenvalue weighted by Crippen LogP contribution is -2.46. The number of carboxylic acids is 1. The summed E-state index contributed by atoms with van der Waals surface area (Å²) in [6, 6.07) is 4.23. The molecule has 1 aromatic carbocycles. The molecule has 1 amide bonds. The molecule has 140 valence electrons. The number of nitrogens with zero attached hydrogens (tertiary/aromatic N) is 1. The highest BCUT2D eigenvalue weighted by molar-refractivity contribution is 5.98. The van der Waals surface area contributed by atoms with Crippen molar-refractivity contribution < 1.29 is 24.2 Å². The van der Waals surface area contributed by atoms with Gasteiger partial charge in [0.25, 0.3) is 5.91 Å². The third-order valence-electron chi connectivity index (χ3n) is 5.37. The van der Waals surface area contributed by atoms with Crippen LogP contribution in [0.15, 0.2) is 30.9 Å². The van der Waals surface area contributed by atoms with Crippen LogP contribution in [0.1, 0.15) is 42.5 Å². The molecule has 1 heterocycles. The fourth-order valence-electron chi connectivity index (χ4n) is 4.19. The number of hydrogen-bond acceptors (Lipinski definition) is 4. The van der Waals surface area contributed by atoms with Crippen molar-refractivity contribution in [3.05, 3.63) is 36.4 Å². The second-order valence-corrected chi connectivity index (χ2v) is 6.88. The zero-order valence-corrected chi connectivity index (χ0v) is 15.0. The fraction of sp³-hybridized carbons (Fsp3) is 0.500. The Balaban J connectivity index is 1.88. The average Bonchev–Trinajstić information content (AvgIpc) is 3.05. The van der Waals surface area contributed by atoms with E-state index in [2.05, 4.69) is 6.58 Å². The van der Waals surface area contributed by atoms with Crippen LogP contribution in [0.5, 0.6) is 11.5 Å². The molecule has 3 unspecified atom stereocenters. The molecule has 0 spiro atoms. The first-order chi connectivity index (χ1) is 12.6. The maximum atomic E-state index is 13.2. The van der Waals surface area contributed by atoms with E-state index in [1.807, 2.05) is 0 Å². The quantitative estimate of drug-likeness (QED) is 0.790. The molecule has 1 aromatic rings. The van der Waals surface area contributed by atoms with Crippen molar-refractivity contribution in [3.8, 4) is 11.5 Å². The Morgan fingerprint density at radius 1 is 1.31 bits per heavy atom. The number of carboxylic acid groups (broad SMARTS) is 1. The van der Waals surface area contributed by atoms with E-state index < -0.39 is 12.0 Å². The van der Waals surface area contributed by atoms with Gasteiger partial charge in [-0.15, -0.1) is 0 Å². The topological polar surface area (TPSA) is 76.1 Å². The number of carbonyl (C=O) groups is 2. The van der Waals surface area contributed by atoms with Gasteiger partial charge in [-0.25, -0.2) is 4.79 Å². The lowest BCUT2D eigenvalue weighted by Gasteiger charge is -2.33. The molecule has 1 aliphatic carbocycles. The van der Waals surface area contributed by atoms with Crippen LogP contribution in [-0.2, 0) is 4.79 Å². The monoisotopic (exact) mass is 359 g/mol. The third-order valence-corrected chi connectivity index (χ3v) is 5.37. The smallest absolute Gasteiger partial charge is 0.326 e. The molecule has 3 rings (SSSR count). The molecule has 1 saturated carbocycles. The summed E-state index contributed by atoms with van der Waals surface area (Å²) in [7, 11) is 1.51. The van der Waals surface area contributed by atoms with Crippen LogP contribution in [0.25, 0.3) is 0 Å². The number of likely N-dealkylation sites (tertiary alicyclic amines) is 1. The lowest BCUT2D eigenvalue weighted by atomic mass is 9.84. The van der Waals surface area contributed by atoms with Gasteiger partial charge in [0.15, 0.2) is 11.5 Å². The molecular formula is C20H25NO5. The molecule has 6 heteroatoms. The zero-order chi connectivity index (χ0) is 18.7. The van der Waals surface area contributed by atoms with Crippen molar-refractivity contribution in [1.82, 2.24) is 4.90 Å². The van der Waals surface area contributed by atoms with Crippen molar-refractivity contribution in [3.63, 3.8) is 0 Å². The first kappa shape index (κ1) is 18.3. The summed E-state index contributed by atoms with van der Waals surface area (Å²) in [6.07, 6.45) is 6.19. The normalized spacial score (nSPS) is 24.7. The summed E-state index contributed by atoms with van der Waals surface area (Å²) in [5, 5.41) is 9.62. The first-order valence-corrected chi connectivity index (χ1v) is 9.04. The first-order valence-electron chi connectivity index (χ1n) is 9.04. The number of carbonyl (C=O) groups excluding carboxylic acids is 1. The second kappa shape index (κ2) is 7.81. The van der Waals surface area contributed by atoms with E-state index in [4.69, 9.17) is 9.47 Å². The van der Waals surface area contributed by atoms with Crippen LogP contribution >= 0.6 is 0 Å². The standard InChI is InChI=1S/C20H25NO5/c1-3-10-26-17-9-8-14(12-18(17)25-2)19(22)21-15-7-5-4-6-13(15)11-16(21)20(23)24/h3,8-9,12-13,15-16H,1,4-7,10-11H2,2H3,(H,23,24).